The lowest BCUT2D eigenvalue weighted by Gasteiger charge is -2.34. The van der Waals surface area contributed by atoms with E-state index in [-0.39, 0.29) is 18.5 Å². The van der Waals surface area contributed by atoms with Crippen molar-refractivity contribution in [2.45, 2.75) is 38.9 Å². The minimum atomic E-state index is -0.717. The van der Waals surface area contributed by atoms with Crippen molar-refractivity contribution in [2.75, 3.05) is 7.11 Å². The van der Waals surface area contributed by atoms with E-state index in [1.54, 1.807) is 30.6 Å². The number of imidazole rings is 1. The number of rotatable bonds is 3. The molecule has 0 radical (unpaired) electrons. The number of nitrogens with zero attached hydrogens (tertiary/aromatic N) is 4. The third-order valence-electron chi connectivity index (χ3n) is 4.62. The van der Waals surface area contributed by atoms with Crippen molar-refractivity contribution in [3.63, 3.8) is 0 Å². The highest BCUT2D eigenvalue weighted by Crippen LogP contribution is 2.27. The maximum absolute atomic E-state index is 13.0. The van der Waals surface area contributed by atoms with E-state index in [0.717, 1.165) is 11.4 Å². The molecule has 1 aromatic heterocycles. The zero-order chi connectivity index (χ0) is 18.8. The molecule has 1 aromatic carbocycles. The Morgan fingerprint density at radius 3 is 2.58 bits per heavy atom. The molecule has 0 spiro atoms. The van der Waals surface area contributed by atoms with Crippen LogP contribution in [0.3, 0.4) is 0 Å². The van der Waals surface area contributed by atoms with Gasteiger partial charge in [-0.15, -0.1) is 0 Å². The highest BCUT2D eigenvalue weighted by Gasteiger charge is 2.38. The van der Waals surface area contributed by atoms with E-state index >= 15 is 0 Å². The molecule has 7 heteroatoms. The molecule has 1 atom stereocenters. The first-order chi connectivity index (χ1) is 12.5. The Bertz CT molecular complexity index is 877. The highest BCUT2D eigenvalue weighted by molar-refractivity contribution is 5.97. The fourth-order valence-electron chi connectivity index (χ4n) is 3.19. The number of nitriles is 1. The maximum Gasteiger partial charge on any atom is 0.329 e. The van der Waals surface area contributed by atoms with Gasteiger partial charge in [-0.1, -0.05) is 0 Å². The molecule has 0 saturated heterocycles. The molecule has 0 aliphatic carbocycles. The summed E-state index contributed by atoms with van der Waals surface area (Å²) in [5.41, 5.74) is 2.65. The Hall–Kier alpha value is -3.14. The van der Waals surface area contributed by atoms with E-state index in [1.807, 2.05) is 24.5 Å². The summed E-state index contributed by atoms with van der Waals surface area (Å²) in [6.07, 6.45) is 2.07. The summed E-state index contributed by atoms with van der Waals surface area (Å²) in [6.45, 7) is 4.37. The second-order valence-corrected chi connectivity index (χ2v) is 6.50. The van der Waals surface area contributed by atoms with Gasteiger partial charge < -0.3 is 14.2 Å². The van der Waals surface area contributed by atoms with Gasteiger partial charge in [0.25, 0.3) is 5.91 Å². The number of methoxy groups -OCH3 is 1. The van der Waals surface area contributed by atoms with E-state index in [1.165, 1.54) is 12.0 Å². The molecule has 0 fully saturated rings. The average Bonchev–Trinajstić information content (AvgIpc) is 3.09. The summed E-state index contributed by atoms with van der Waals surface area (Å²) in [7, 11) is 1.31. The van der Waals surface area contributed by atoms with Crippen LogP contribution < -0.4 is 0 Å². The van der Waals surface area contributed by atoms with Crippen LogP contribution in [0, 0.1) is 11.3 Å². The number of carbonyl (C=O) groups excluding carboxylic acids is 2. The SMILES string of the molecule is COC(=O)C1Cc2ncn(C(C)C)c2CN1C(=O)c1ccc(C#N)cc1. The van der Waals surface area contributed by atoms with Crippen LogP contribution in [0.1, 0.15) is 47.2 Å². The molecule has 3 rings (SSSR count). The van der Waals surface area contributed by atoms with E-state index in [9.17, 15) is 9.59 Å². The molecule has 2 heterocycles. The predicted molar refractivity (Wildman–Crippen MR) is 93.2 cm³/mol. The van der Waals surface area contributed by atoms with Crippen LogP contribution in [0.25, 0.3) is 0 Å². The minimum Gasteiger partial charge on any atom is -0.467 e. The zero-order valence-corrected chi connectivity index (χ0v) is 15.0. The number of hydrogen-bond donors (Lipinski definition) is 0. The van der Waals surface area contributed by atoms with Gasteiger partial charge in [0.2, 0.25) is 0 Å². The Balaban J connectivity index is 1.98. The maximum atomic E-state index is 13.0. The number of hydrogen-bond acceptors (Lipinski definition) is 5. The number of fused-ring (bicyclic) bond motifs is 1. The molecule has 134 valence electrons. The van der Waals surface area contributed by atoms with Crippen LogP contribution in [0.2, 0.25) is 0 Å². The Morgan fingerprint density at radius 1 is 1.31 bits per heavy atom. The first-order valence-electron chi connectivity index (χ1n) is 8.39. The Labute approximate surface area is 151 Å². The summed E-state index contributed by atoms with van der Waals surface area (Å²) in [6, 6.07) is 7.90. The second kappa shape index (κ2) is 7.00. The van der Waals surface area contributed by atoms with Crippen molar-refractivity contribution >= 4 is 11.9 Å². The topological polar surface area (TPSA) is 88.2 Å². The van der Waals surface area contributed by atoms with E-state index in [2.05, 4.69) is 4.98 Å². The largest absolute Gasteiger partial charge is 0.467 e. The molecule has 2 aromatic rings. The van der Waals surface area contributed by atoms with Crippen molar-refractivity contribution < 1.29 is 14.3 Å². The summed E-state index contributed by atoms with van der Waals surface area (Å²) >= 11 is 0. The zero-order valence-electron chi connectivity index (χ0n) is 15.0. The summed E-state index contributed by atoms with van der Waals surface area (Å²) in [4.78, 5) is 31.3. The van der Waals surface area contributed by atoms with Crippen molar-refractivity contribution in [3.8, 4) is 6.07 Å². The molecule has 26 heavy (non-hydrogen) atoms. The van der Waals surface area contributed by atoms with E-state index < -0.39 is 12.0 Å². The monoisotopic (exact) mass is 352 g/mol. The number of carbonyl (C=O) groups is 2. The molecule has 1 amide bonds. The van der Waals surface area contributed by atoms with Crippen LogP contribution in [0.4, 0.5) is 0 Å². The first-order valence-corrected chi connectivity index (χ1v) is 8.39. The van der Waals surface area contributed by atoms with Crippen LogP contribution >= 0.6 is 0 Å². The van der Waals surface area contributed by atoms with Gasteiger partial charge in [-0.2, -0.15) is 5.26 Å². The van der Waals surface area contributed by atoms with Gasteiger partial charge >= 0.3 is 5.97 Å². The van der Waals surface area contributed by atoms with Crippen molar-refractivity contribution in [1.29, 1.82) is 5.26 Å². The van der Waals surface area contributed by atoms with E-state index in [0.29, 0.717) is 17.5 Å². The fourth-order valence-corrected chi connectivity index (χ4v) is 3.19. The standard InChI is InChI=1S/C19H20N4O3/c1-12(2)23-11-21-15-8-16(19(25)26-3)22(10-17(15)23)18(24)14-6-4-13(9-20)5-7-14/h4-7,11-12,16H,8,10H2,1-3H3. The first kappa shape index (κ1) is 17.7. The van der Waals surface area contributed by atoms with E-state index in [4.69, 9.17) is 10.00 Å². The normalized spacial score (nSPS) is 16.1. The van der Waals surface area contributed by atoms with Gasteiger partial charge in [0.1, 0.15) is 6.04 Å². The van der Waals surface area contributed by atoms with Crippen molar-refractivity contribution in [2.24, 2.45) is 0 Å². The fraction of sp³-hybridized carbons (Fsp3) is 0.368. The highest BCUT2D eigenvalue weighted by atomic mass is 16.5. The molecule has 1 unspecified atom stereocenters. The Kier molecular flexibility index (Phi) is 4.76. The number of ether oxygens (including phenoxy) is 1. The lowest BCUT2D eigenvalue weighted by molar-refractivity contribution is -0.146. The van der Waals surface area contributed by atoms with Gasteiger partial charge in [0, 0.05) is 18.0 Å². The smallest absolute Gasteiger partial charge is 0.329 e. The van der Waals surface area contributed by atoms with Crippen molar-refractivity contribution in [3.05, 3.63) is 53.1 Å². The van der Waals surface area contributed by atoms with Crippen molar-refractivity contribution in [1.82, 2.24) is 14.5 Å². The van der Waals surface area contributed by atoms with Gasteiger partial charge in [0.15, 0.2) is 0 Å². The molecule has 0 bridgehead atoms. The van der Waals surface area contributed by atoms with Crippen LogP contribution in [-0.4, -0.2) is 39.5 Å². The number of esters is 1. The molecule has 1 aliphatic rings. The van der Waals surface area contributed by atoms with Crippen LogP contribution in [0.15, 0.2) is 30.6 Å². The third kappa shape index (κ3) is 3.06. The molecule has 7 nitrogen and oxygen atoms in total. The number of amides is 1. The molecule has 0 N–H and O–H groups in total. The quantitative estimate of drug-likeness (QED) is 0.789. The lowest BCUT2D eigenvalue weighted by Crippen LogP contribution is -2.49. The average molecular weight is 352 g/mol. The number of aromatic nitrogens is 2. The number of benzene rings is 1. The van der Waals surface area contributed by atoms with Crippen LogP contribution in [0.5, 0.6) is 0 Å². The summed E-state index contributed by atoms with van der Waals surface area (Å²) in [5, 5.41) is 8.91. The van der Waals surface area contributed by atoms with Gasteiger partial charge in [-0.05, 0) is 38.1 Å². The van der Waals surface area contributed by atoms with Crippen LogP contribution in [-0.2, 0) is 22.5 Å². The minimum absolute atomic E-state index is 0.202. The van der Waals surface area contributed by atoms with Gasteiger partial charge in [0.05, 0.1) is 43.0 Å². The van der Waals surface area contributed by atoms with Gasteiger partial charge in [-0.25, -0.2) is 9.78 Å². The molecule has 0 saturated carbocycles. The predicted octanol–water partition coefficient (Wildman–Crippen LogP) is 2.08. The molecular formula is C19H20N4O3. The van der Waals surface area contributed by atoms with Gasteiger partial charge in [-0.3, -0.25) is 4.79 Å². The lowest BCUT2D eigenvalue weighted by atomic mass is 10.0. The Morgan fingerprint density at radius 2 is 2.00 bits per heavy atom. The molecular weight excluding hydrogens is 332 g/mol. The third-order valence-corrected chi connectivity index (χ3v) is 4.62. The summed E-state index contributed by atoms with van der Waals surface area (Å²) < 4.78 is 6.92. The summed E-state index contributed by atoms with van der Waals surface area (Å²) in [5.74, 6) is -0.733. The second-order valence-electron chi connectivity index (χ2n) is 6.50. The molecule has 1 aliphatic heterocycles.